The number of carbonyl (C=O) groups is 1. The fraction of sp³-hybridized carbons (Fsp3) is 0.364. The molecule has 1 rings (SSSR count). The molecule has 94 valence electrons. The quantitative estimate of drug-likeness (QED) is 0.632. The molecule has 0 fully saturated rings. The van der Waals surface area contributed by atoms with Crippen molar-refractivity contribution in [3.63, 3.8) is 0 Å². The Balaban J connectivity index is 3.09. The third kappa shape index (κ3) is 3.73. The van der Waals surface area contributed by atoms with Crippen molar-refractivity contribution >= 4 is 21.9 Å². The first-order valence-corrected chi connectivity index (χ1v) is 5.82. The van der Waals surface area contributed by atoms with Crippen LogP contribution in [0, 0.1) is 0 Å². The van der Waals surface area contributed by atoms with Crippen molar-refractivity contribution in [2.45, 2.75) is 17.9 Å². The number of methoxy groups -OCH3 is 1. The van der Waals surface area contributed by atoms with Gasteiger partial charge in [-0.25, -0.2) is 0 Å². The lowest BCUT2D eigenvalue weighted by atomic mass is 10.0. The zero-order chi connectivity index (χ0) is 13.1. The fourth-order valence-electron chi connectivity index (χ4n) is 1.35. The number of rotatable bonds is 3. The second-order valence-corrected chi connectivity index (χ2v) is 3.94. The molecule has 6 heteroatoms. The lowest BCUT2D eigenvalue weighted by molar-refractivity contribution is -0.140. The highest BCUT2D eigenvalue weighted by Gasteiger charge is 2.33. The summed E-state index contributed by atoms with van der Waals surface area (Å²) in [6.07, 6.45) is -4.59. The maximum absolute atomic E-state index is 12.7. The van der Waals surface area contributed by atoms with Crippen LogP contribution >= 0.6 is 15.9 Å². The van der Waals surface area contributed by atoms with Gasteiger partial charge in [-0.3, -0.25) is 4.79 Å². The van der Waals surface area contributed by atoms with Crippen LogP contribution in [0.15, 0.2) is 18.2 Å². The van der Waals surface area contributed by atoms with Crippen LogP contribution in [0.3, 0.4) is 0 Å². The van der Waals surface area contributed by atoms with Gasteiger partial charge in [-0.15, -0.1) is 0 Å². The zero-order valence-electron chi connectivity index (χ0n) is 8.97. The van der Waals surface area contributed by atoms with Crippen LogP contribution < -0.4 is 0 Å². The zero-order valence-corrected chi connectivity index (χ0v) is 10.6. The summed E-state index contributed by atoms with van der Waals surface area (Å²) in [6.45, 7) is 0. The van der Waals surface area contributed by atoms with Crippen molar-refractivity contribution in [3.05, 3.63) is 34.9 Å². The monoisotopic (exact) mass is 310 g/mol. The lowest BCUT2D eigenvalue weighted by Crippen LogP contribution is -2.11. The Labute approximate surface area is 105 Å². The molecule has 0 heterocycles. The van der Waals surface area contributed by atoms with Gasteiger partial charge in [0, 0.05) is 5.33 Å². The first-order valence-electron chi connectivity index (χ1n) is 4.70. The number of hydrogen-bond donors (Lipinski definition) is 0. The van der Waals surface area contributed by atoms with Gasteiger partial charge in [0.1, 0.15) is 0 Å². The molecule has 0 saturated heterocycles. The number of benzene rings is 1. The summed E-state index contributed by atoms with van der Waals surface area (Å²) < 4.78 is 42.5. The van der Waals surface area contributed by atoms with Crippen LogP contribution in [0.5, 0.6) is 0 Å². The van der Waals surface area contributed by atoms with Crippen molar-refractivity contribution in [2.75, 3.05) is 7.11 Å². The molecule has 0 atom stereocenters. The van der Waals surface area contributed by atoms with Gasteiger partial charge in [0.2, 0.25) is 0 Å². The topological polar surface area (TPSA) is 26.3 Å². The molecule has 17 heavy (non-hydrogen) atoms. The van der Waals surface area contributed by atoms with E-state index < -0.39 is 17.7 Å². The first-order chi connectivity index (χ1) is 7.88. The number of esters is 1. The minimum Gasteiger partial charge on any atom is -0.469 e. The van der Waals surface area contributed by atoms with E-state index in [4.69, 9.17) is 0 Å². The summed E-state index contributed by atoms with van der Waals surface area (Å²) >= 11 is 3.00. The third-order valence-electron chi connectivity index (χ3n) is 2.20. The largest absolute Gasteiger partial charge is 0.469 e. The average molecular weight is 311 g/mol. The molecule has 0 aromatic heterocycles. The summed E-state index contributed by atoms with van der Waals surface area (Å²) in [7, 11) is 1.19. The normalized spacial score (nSPS) is 11.4. The van der Waals surface area contributed by atoms with Crippen LogP contribution in [0.25, 0.3) is 0 Å². The van der Waals surface area contributed by atoms with E-state index in [1.165, 1.54) is 19.2 Å². The molecular weight excluding hydrogens is 301 g/mol. The Hall–Kier alpha value is -1.04. The summed E-state index contributed by atoms with van der Waals surface area (Å²) in [5, 5.41) is 0.111. The Bertz CT molecular complexity index is 416. The molecule has 0 bridgehead atoms. The van der Waals surface area contributed by atoms with Crippen molar-refractivity contribution in [1.29, 1.82) is 0 Å². The van der Waals surface area contributed by atoms with Gasteiger partial charge >= 0.3 is 12.1 Å². The van der Waals surface area contributed by atoms with Gasteiger partial charge in [0.25, 0.3) is 0 Å². The highest BCUT2D eigenvalue weighted by atomic mass is 79.9. The van der Waals surface area contributed by atoms with Gasteiger partial charge in [0.15, 0.2) is 0 Å². The maximum atomic E-state index is 12.7. The standard InChI is InChI=1S/C11H10BrF3O2/c1-17-10(16)5-7-2-3-8(6-12)9(4-7)11(13,14)15/h2-4H,5-6H2,1H3. The van der Waals surface area contributed by atoms with Gasteiger partial charge in [-0.1, -0.05) is 28.1 Å². The van der Waals surface area contributed by atoms with Gasteiger partial charge in [-0.05, 0) is 17.2 Å². The third-order valence-corrected chi connectivity index (χ3v) is 2.80. The second-order valence-electron chi connectivity index (χ2n) is 3.38. The summed E-state index contributed by atoms with van der Waals surface area (Å²) in [5.74, 6) is -0.565. The van der Waals surface area contributed by atoms with E-state index in [1.807, 2.05) is 0 Å². The fourth-order valence-corrected chi connectivity index (χ4v) is 1.84. The highest BCUT2D eigenvalue weighted by Crippen LogP contribution is 2.33. The molecular formula is C11H10BrF3O2. The van der Waals surface area contributed by atoms with Crippen molar-refractivity contribution in [1.82, 2.24) is 0 Å². The molecule has 0 aliphatic rings. The number of ether oxygens (including phenoxy) is 1. The smallest absolute Gasteiger partial charge is 0.416 e. The predicted molar refractivity (Wildman–Crippen MR) is 59.8 cm³/mol. The van der Waals surface area contributed by atoms with E-state index in [1.54, 1.807) is 0 Å². The molecule has 2 nitrogen and oxygen atoms in total. The number of carbonyl (C=O) groups excluding carboxylic acids is 1. The highest BCUT2D eigenvalue weighted by molar-refractivity contribution is 9.08. The molecule has 0 amide bonds. The Morgan fingerprint density at radius 2 is 2.06 bits per heavy atom. The Morgan fingerprint density at radius 3 is 2.53 bits per heavy atom. The molecule has 1 aromatic carbocycles. The van der Waals surface area contributed by atoms with Gasteiger partial charge in [0.05, 0.1) is 19.1 Å². The average Bonchev–Trinajstić information content (AvgIpc) is 2.27. The Morgan fingerprint density at radius 1 is 1.41 bits per heavy atom. The SMILES string of the molecule is COC(=O)Cc1ccc(CBr)c(C(F)(F)F)c1. The molecule has 0 unspecified atom stereocenters. The van der Waals surface area contributed by atoms with Crippen LogP contribution in [0.1, 0.15) is 16.7 Å². The summed E-state index contributed by atoms with van der Waals surface area (Å²) in [4.78, 5) is 11.0. The van der Waals surface area contributed by atoms with Gasteiger partial charge in [-0.2, -0.15) is 13.2 Å². The molecule has 0 radical (unpaired) electrons. The second kappa shape index (κ2) is 5.53. The predicted octanol–water partition coefficient (Wildman–Crippen LogP) is 3.32. The van der Waals surface area contributed by atoms with E-state index >= 15 is 0 Å². The Kier molecular flexibility index (Phi) is 4.56. The van der Waals surface area contributed by atoms with Crippen molar-refractivity contribution in [2.24, 2.45) is 0 Å². The van der Waals surface area contributed by atoms with E-state index in [0.29, 0.717) is 0 Å². The van der Waals surface area contributed by atoms with E-state index in [-0.39, 0.29) is 22.9 Å². The number of halogens is 4. The van der Waals surface area contributed by atoms with Gasteiger partial charge < -0.3 is 4.74 Å². The minimum atomic E-state index is -4.42. The van der Waals surface area contributed by atoms with E-state index in [2.05, 4.69) is 20.7 Å². The summed E-state index contributed by atoms with van der Waals surface area (Å²) in [5.41, 5.74) is -0.296. The molecule has 1 aromatic rings. The van der Waals surface area contributed by atoms with Crippen molar-refractivity contribution < 1.29 is 22.7 Å². The number of alkyl halides is 4. The van der Waals surface area contributed by atoms with E-state index in [0.717, 1.165) is 6.07 Å². The molecule has 0 saturated carbocycles. The summed E-state index contributed by atoms with van der Waals surface area (Å²) in [6, 6.07) is 3.83. The van der Waals surface area contributed by atoms with Crippen molar-refractivity contribution in [3.8, 4) is 0 Å². The van der Waals surface area contributed by atoms with Crippen LogP contribution in [-0.4, -0.2) is 13.1 Å². The van der Waals surface area contributed by atoms with Crippen LogP contribution in [-0.2, 0) is 27.5 Å². The van der Waals surface area contributed by atoms with E-state index in [9.17, 15) is 18.0 Å². The lowest BCUT2D eigenvalue weighted by Gasteiger charge is -2.12. The molecule has 0 spiro atoms. The molecule has 0 N–H and O–H groups in total. The first kappa shape index (κ1) is 14.0. The minimum absolute atomic E-state index is 0.111. The maximum Gasteiger partial charge on any atom is 0.416 e. The number of hydrogen-bond acceptors (Lipinski definition) is 2. The van der Waals surface area contributed by atoms with Crippen LogP contribution in [0.2, 0.25) is 0 Å². The molecule has 0 aliphatic heterocycles. The van der Waals surface area contributed by atoms with Crippen LogP contribution in [0.4, 0.5) is 13.2 Å². The molecule has 0 aliphatic carbocycles.